The number of aliphatic hydroxyl groups is 1. The van der Waals surface area contributed by atoms with E-state index in [9.17, 15) is 0 Å². The third-order valence-electron chi connectivity index (χ3n) is 3.82. The highest BCUT2D eigenvalue weighted by Crippen LogP contribution is 2.21. The summed E-state index contributed by atoms with van der Waals surface area (Å²) < 4.78 is 11.5. The lowest BCUT2D eigenvalue weighted by Crippen LogP contribution is -2.34. The molecule has 0 heterocycles. The van der Waals surface area contributed by atoms with Crippen LogP contribution in [0.4, 0.5) is 0 Å². The fourth-order valence-electron chi connectivity index (χ4n) is 2.61. The molecule has 0 aliphatic rings. The topological polar surface area (TPSA) is 38.7 Å². The van der Waals surface area contributed by atoms with Crippen LogP contribution < -0.4 is 4.74 Å². The Morgan fingerprint density at radius 3 is 2.39 bits per heavy atom. The Hall–Kier alpha value is -1.06. The molecule has 0 saturated heterocycles. The number of hydrogen-bond acceptors (Lipinski definition) is 3. The Balaban J connectivity index is 2.32. The van der Waals surface area contributed by atoms with Crippen molar-refractivity contribution in [1.82, 2.24) is 0 Å². The largest absolute Gasteiger partial charge is 0.485 e. The van der Waals surface area contributed by atoms with Crippen LogP contribution in [-0.4, -0.2) is 30.5 Å². The first-order chi connectivity index (χ1) is 11.1. The van der Waals surface area contributed by atoms with Crippen LogP contribution in [0.25, 0.3) is 0 Å². The predicted octanol–water partition coefficient (Wildman–Crippen LogP) is 4.76. The Bertz CT molecular complexity index is 415. The number of ether oxygens (including phenoxy) is 2. The molecule has 0 aliphatic carbocycles. The average molecular weight is 322 g/mol. The van der Waals surface area contributed by atoms with E-state index in [0.29, 0.717) is 19.8 Å². The Morgan fingerprint density at radius 2 is 1.70 bits per heavy atom. The number of unbranched alkanes of at least 4 members (excludes halogenated alkanes) is 5. The zero-order chi connectivity index (χ0) is 17.0. The summed E-state index contributed by atoms with van der Waals surface area (Å²) >= 11 is 0. The van der Waals surface area contributed by atoms with E-state index in [1.807, 2.05) is 13.0 Å². The van der Waals surface area contributed by atoms with E-state index in [1.54, 1.807) is 0 Å². The second-order valence-corrected chi connectivity index (χ2v) is 6.74. The molecule has 0 bridgehead atoms. The highest BCUT2D eigenvalue weighted by atomic mass is 16.5. The average Bonchev–Trinajstić information content (AvgIpc) is 2.52. The first-order valence-electron chi connectivity index (χ1n) is 9.04. The number of hydrogen-bond donors (Lipinski definition) is 1. The van der Waals surface area contributed by atoms with Gasteiger partial charge in [0.2, 0.25) is 0 Å². The van der Waals surface area contributed by atoms with Gasteiger partial charge >= 0.3 is 0 Å². The molecule has 1 rings (SSSR count). The van der Waals surface area contributed by atoms with Gasteiger partial charge in [-0.15, -0.1) is 0 Å². The molecule has 3 heteroatoms. The standard InChI is InChI=1S/C20H34O3/c1-4-22-17-20(2,3)23-19-14-11-13-18(16-19)12-9-7-5-6-8-10-15-21/h11,13-14,16,21H,4-10,12,15,17H2,1-3H3. The van der Waals surface area contributed by atoms with E-state index in [-0.39, 0.29) is 5.60 Å². The third-order valence-corrected chi connectivity index (χ3v) is 3.82. The second-order valence-electron chi connectivity index (χ2n) is 6.74. The van der Waals surface area contributed by atoms with Crippen molar-refractivity contribution in [2.75, 3.05) is 19.8 Å². The fourth-order valence-corrected chi connectivity index (χ4v) is 2.61. The SMILES string of the molecule is CCOCC(C)(C)Oc1cccc(CCCCCCCCO)c1. The van der Waals surface area contributed by atoms with Crippen molar-refractivity contribution in [3.8, 4) is 5.75 Å². The fraction of sp³-hybridized carbons (Fsp3) is 0.700. The van der Waals surface area contributed by atoms with Crippen molar-refractivity contribution in [1.29, 1.82) is 0 Å². The van der Waals surface area contributed by atoms with Crippen molar-refractivity contribution < 1.29 is 14.6 Å². The first-order valence-corrected chi connectivity index (χ1v) is 9.04. The van der Waals surface area contributed by atoms with Gasteiger partial charge in [-0.1, -0.05) is 37.8 Å². The molecule has 23 heavy (non-hydrogen) atoms. The molecule has 0 atom stereocenters. The van der Waals surface area contributed by atoms with Crippen molar-refractivity contribution in [2.45, 2.75) is 71.3 Å². The maximum Gasteiger partial charge on any atom is 0.127 e. The van der Waals surface area contributed by atoms with Gasteiger partial charge in [-0.25, -0.2) is 0 Å². The molecule has 0 fully saturated rings. The van der Waals surface area contributed by atoms with Crippen LogP contribution in [0.3, 0.4) is 0 Å². The summed E-state index contributed by atoms with van der Waals surface area (Å²) in [5.74, 6) is 0.926. The number of rotatable bonds is 13. The van der Waals surface area contributed by atoms with Gasteiger partial charge in [-0.05, 0) is 57.7 Å². The Labute approximate surface area is 142 Å². The molecule has 1 aromatic rings. The van der Waals surface area contributed by atoms with Gasteiger partial charge in [0.1, 0.15) is 11.4 Å². The van der Waals surface area contributed by atoms with Gasteiger partial charge in [0.25, 0.3) is 0 Å². The van der Waals surface area contributed by atoms with E-state index in [0.717, 1.165) is 25.0 Å². The van der Waals surface area contributed by atoms with Gasteiger partial charge < -0.3 is 14.6 Å². The Morgan fingerprint density at radius 1 is 1.00 bits per heavy atom. The zero-order valence-corrected chi connectivity index (χ0v) is 15.1. The minimum atomic E-state index is -0.304. The van der Waals surface area contributed by atoms with Gasteiger partial charge in [0.05, 0.1) is 6.61 Å². The van der Waals surface area contributed by atoms with Crippen molar-refractivity contribution in [3.63, 3.8) is 0 Å². The molecule has 0 aromatic heterocycles. The number of benzene rings is 1. The van der Waals surface area contributed by atoms with Gasteiger partial charge in [-0.3, -0.25) is 0 Å². The molecule has 0 radical (unpaired) electrons. The van der Waals surface area contributed by atoms with Crippen LogP contribution >= 0.6 is 0 Å². The second kappa shape index (κ2) is 11.5. The van der Waals surface area contributed by atoms with Crippen LogP contribution in [0.5, 0.6) is 5.75 Å². The van der Waals surface area contributed by atoms with Gasteiger partial charge in [0.15, 0.2) is 0 Å². The molecule has 1 N–H and O–H groups in total. The molecule has 132 valence electrons. The number of aryl methyl sites for hydroxylation is 1. The van der Waals surface area contributed by atoms with Crippen LogP contribution in [0.1, 0.15) is 64.9 Å². The molecule has 0 amide bonds. The van der Waals surface area contributed by atoms with Crippen LogP contribution in [0.15, 0.2) is 24.3 Å². The molecular formula is C20H34O3. The van der Waals surface area contributed by atoms with Crippen LogP contribution in [0, 0.1) is 0 Å². The smallest absolute Gasteiger partial charge is 0.127 e. The molecule has 0 unspecified atom stereocenters. The minimum Gasteiger partial charge on any atom is -0.485 e. The lowest BCUT2D eigenvalue weighted by molar-refractivity contribution is 0.00109. The quantitative estimate of drug-likeness (QED) is 0.532. The third kappa shape index (κ3) is 9.62. The summed E-state index contributed by atoms with van der Waals surface area (Å²) in [4.78, 5) is 0. The normalized spacial score (nSPS) is 11.7. The summed E-state index contributed by atoms with van der Waals surface area (Å²) in [5, 5.41) is 8.75. The summed E-state index contributed by atoms with van der Waals surface area (Å²) in [7, 11) is 0. The molecule has 0 aliphatic heterocycles. The molecule has 1 aromatic carbocycles. The lowest BCUT2D eigenvalue weighted by Gasteiger charge is -2.26. The van der Waals surface area contributed by atoms with E-state index < -0.39 is 0 Å². The lowest BCUT2D eigenvalue weighted by atomic mass is 10.0. The Kier molecular flexibility index (Phi) is 9.97. The van der Waals surface area contributed by atoms with E-state index >= 15 is 0 Å². The summed E-state index contributed by atoms with van der Waals surface area (Å²) in [6, 6.07) is 8.42. The van der Waals surface area contributed by atoms with Crippen LogP contribution in [-0.2, 0) is 11.2 Å². The van der Waals surface area contributed by atoms with E-state index in [1.165, 1.54) is 31.2 Å². The molecule has 3 nitrogen and oxygen atoms in total. The summed E-state index contributed by atoms with van der Waals surface area (Å²) in [5.41, 5.74) is 1.03. The van der Waals surface area contributed by atoms with E-state index in [4.69, 9.17) is 14.6 Å². The highest BCUT2D eigenvalue weighted by molar-refractivity contribution is 5.29. The van der Waals surface area contributed by atoms with Crippen LogP contribution in [0.2, 0.25) is 0 Å². The maximum atomic E-state index is 8.75. The first kappa shape index (κ1) is 20.0. The molecular weight excluding hydrogens is 288 g/mol. The summed E-state index contributed by atoms with van der Waals surface area (Å²) in [6.07, 6.45) is 8.15. The molecule has 0 saturated carbocycles. The minimum absolute atomic E-state index is 0.304. The zero-order valence-electron chi connectivity index (χ0n) is 15.1. The predicted molar refractivity (Wildman–Crippen MR) is 96.1 cm³/mol. The molecule has 0 spiro atoms. The van der Waals surface area contributed by atoms with Gasteiger partial charge in [0, 0.05) is 13.2 Å². The van der Waals surface area contributed by atoms with Gasteiger partial charge in [-0.2, -0.15) is 0 Å². The van der Waals surface area contributed by atoms with E-state index in [2.05, 4.69) is 32.0 Å². The van der Waals surface area contributed by atoms with Crippen molar-refractivity contribution >= 4 is 0 Å². The summed E-state index contributed by atoms with van der Waals surface area (Å²) in [6.45, 7) is 7.75. The monoisotopic (exact) mass is 322 g/mol. The maximum absolute atomic E-state index is 8.75. The van der Waals surface area contributed by atoms with Crippen molar-refractivity contribution in [2.24, 2.45) is 0 Å². The number of aliphatic hydroxyl groups excluding tert-OH is 1. The highest BCUT2D eigenvalue weighted by Gasteiger charge is 2.19. The van der Waals surface area contributed by atoms with Crippen molar-refractivity contribution in [3.05, 3.63) is 29.8 Å².